The predicted octanol–water partition coefficient (Wildman–Crippen LogP) is 1.73. The van der Waals surface area contributed by atoms with E-state index in [1.807, 2.05) is 6.92 Å². The molecule has 1 aliphatic heterocycles. The van der Waals surface area contributed by atoms with Crippen LogP contribution in [0.25, 0.3) is 0 Å². The highest BCUT2D eigenvalue weighted by atomic mass is 19.1. The van der Waals surface area contributed by atoms with Crippen LogP contribution < -0.4 is 5.32 Å². The molecule has 84 valence electrons. The Hall–Kier alpha value is -0.900. The van der Waals surface area contributed by atoms with E-state index in [-0.39, 0.29) is 0 Å². The second-order valence-corrected chi connectivity index (χ2v) is 4.29. The molecule has 0 unspecified atom stereocenters. The maximum Gasteiger partial charge on any atom is 0.133 e. The van der Waals surface area contributed by atoms with Crippen molar-refractivity contribution < 1.29 is 4.39 Å². The van der Waals surface area contributed by atoms with Crippen molar-refractivity contribution in [2.75, 3.05) is 13.1 Å². The number of alkyl halides is 1. The Labute approximate surface area is 89.5 Å². The van der Waals surface area contributed by atoms with Crippen LogP contribution in [0, 0.1) is 12.8 Å². The molecule has 1 saturated heterocycles. The minimum absolute atomic E-state index is 0.464. The molecule has 0 spiro atoms. The Balaban J connectivity index is 1.97. The summed E-state index contributed by atoms with van der Waals surface area (Å²) in [7, 11) is 0. The smallest absolute Gasteiger partial charge is 0.133 e. The number of aromatic amines is 1. The number of hydrogen-bond acceptors (Lipinski definition) is 2. The summed E-state index contributed by atoms with van der Waals surface area (Å²) in [5.74, 6) is 1.65. The summed E-state index contributed by atoms with van der Waals surface area (Å²) in [6.07, 6.45) is 3.36. The van der Waals surface area contributed by atoms with Crippen molar-refractivity contribution in [3.63, 3.8) is 0 Å². The average Bonchev–Trinajstić information content (AvgIpc) is 2.60. The molecule has 0 radical (unpaired) electrons. The molecule has 2 N–H and O–H groups in total. The molecule has 2 heterocycles. The van der Waals surface area contributed by atoms with Crippen LogP contribution in [-0.4, -0.2) is 23.1 Å². The van der Waals surface area contributed by atoms with Gasteiger partial charge in [-0.05, 0) is 38.8 Å². The summed E-state index contributed by atoms with van der Waals surface area (Å²) in [6, 6.07) is 0. The van der Waals surface area contributed by atoms with Gasteiger partial charge in [0.1, 0.15) is 12.5 Å². The average molecular weight is 211 g/mol. The molecule has 0 atom stereocenters. The second kappa shape index (κ2) is 4.75. The molecule has 0 bridgehead atoms. The van der Waals surface area contributed by atoms with E-state index < -0.39 is 6.67 Å². The lowest BCUT2D eigenvalue weighted by Crippen LogP contribution is -2.28. The van der Waals surface area contributed by atoms with Gasteiger partial charge in [-0.25, -0.2) is 9.37 Å². The molecule has 4 heteroatoms. The van der Waals surface area contributed by atoms with Gasteiger partial charge in [-0.1, -0.05) is 0 Å². The highest BCUT2D eigenvalue weighted by Crippen LogP contribution is 2.17. The fraction of sp³-hybridized carbons (Fsp3) is 0.727. The van der Waals surface area contributed by atoms with Crippen LogP contribution in [0.1, 0.15) is 30.1 Å². The van der Waals surface area contributed by atoms with E-state index in [0.717, 1.165) is 31.0 Å². The highest BCUT2D eigenvalue weighted by Gasteiger charge is 2.16. The standard InChI is InChI=1S/C11H18FN3/c1-8-10(7-12)15-11(14-8)6-9-2-4-13-5-3-9/h9,13H,2-7H2,1H3,(H,14,15). The number of hydrogen-bond donors (Lipinski definition) is 2. The summed E-state index contributed by atoms with van der Waals surface area (Å²) in [5.41, 5.74) is 1.44. The lowest BCUT2D eigenvalue weighted by molar-refractivity contribution is 0.367. The number of H-pyrrole nitrogens is 1. The predicted molar refractivity (Wildman–Crippen MR) is 57.4 cm³/mol. The Bertz CT molecular complexity index is 316. The number of halogens is 1. The number of aryl methyl sites for hydroxylation is 1. The third-order valence-corrected chi connectivity index (χ3v) is 3.10. The van der Waals surface area contributed by atoms with Crippen LogP contribution >= 0.6 is 0 Å². The van der Waals surface area contributed by atoms with Gasteiger partial charge in [0.15, 0.2) is 0 Å². The topological polar surface area (TPSA) is 40.7 Å². The molecule has 0 saturated carbocycles. The van der Waals surface area contributed by atoms with Gasteiger partial charge in [-0.3, -0.25) is 0 Å². The van der Waals surface area contributed by atoms with Gasteiger partial charge >= 0.3 is 0 Å². The van der Waals surface area contributed by atoms with Crippen LogP contribution in [0.15, 0.2) is 0 Å². The zero-order chi connectivity index (χ0) is 10.7. The SMILES string of the molecule is Cc1[nH]c(CC2CCNCC2)nc1CF. The zero-order valence-electron chi connectivity index (χ0n) is 9.15. The molecule has 1 aliphatic rings. The van der Waals surface area contributed by atoms with Crippen molar-refractivity contribution in [2.45, 2.75) is 32.9 Å². The lowest BCUT2D eigenvalue weighted by Gasteiger charge is -2.21. The quantitative estimate of drug-likeness (QED) is 0.799. The lowest BCUT2D eigenvalue weighted by atomic mass is 9.94. The summed E-state index contributed by atoms with van der Waals surface area (Å²) in [5, 5.41) is 3.34. The van der Waals surface area contributed by atoms with E-state index in [9.17, 15) is 4.39 Å². The normalized spacial score (nSPS) is 18.3. The Kier molecular flexibility index (Phi) is 3.36. The van der Waals surface area contributed by atoms with Gasteiger partial charge in [0, 0.05) is 12.1 Å². The van der Waals surface area contributed by atoms with E-state index >= 15 is 0 Å². The van der Waals surface area contributed by atoms with Crippen molar-refractivity contribution in [1.29, 1.82) is 0 Å². The molecule has 1 aromatic heterocycles. The maximum absolute atomic E-state index is 12.5. The van der Waals surface area contributed by atoms with Crippen molar-refractivity contribution in [3.8, 4) is 0 Å². The van der Waals surface area contributed by atoms with Gasteiger partial charge in [0.25, 0.3) is 0 Å². The molecular weight excluding hydrogens is 193 g/mol. The van der Waals surface area contributed by atoms with E-state index in [1.54, 1.807) is 0 Å². The largest absolute Gasteiger partial charge is 0.346 e. The number of imidazole rings is 1. The zero-order valence-corrected chi connectivity index (χ0v) is 9.15. The summed E-state index contributed by atoms with van der Waals surface area (Å²) >= 11 is 0. The van der Waals surface area contributed by atoms with Gasteiger partial charge in [0.05, 0.1) is 5.69 Å². The fourth-order valence-electron chi connectivity index (χ4n) is 2.15. The van der Waals surface area contributed by atoms with Crippen LogP contribution in [0.4, 0.5) is 4.39 Å². The third kappa shape index (κ3) is 2.56. The Morgan fingerprint density at radius 3 is 2.73 bits per heavy atom. The molecular formula is C11H18FN3. The van der Waals surface area contributed by atoms with Gasteiger partial charge in [-0.2, -0.15) is 0 Å². The Morgan fingerprint density at radius 1 is 1.40 bits per heavy atom. The van der Waals surface area contributed by atoms with Crippen LogP contribution in [0.5, 0.6) is 0 Å². The van der Waals surface area contributed by atoms with Crippen molar-refractivity contribution in [2.24, 2.45) is 5.92 Å². The van der Waals surface area contributed by atoms with Crippen LogP contribution in [0.3, 0.4) is 0 Å². The highest BCUT2D eigenvalue weighted by molar-refractivity contribution is 5.12. The van der Waals surface area contributed by atoms with Gasteiger partial charge in [0.2, 0.25) is 0 Å². The molecule has 1 fully saturated rings. The van der Waals surface area contributed by atoms with Crippen LogP contribution in [0.2, 0.25) is 0 Å². The molecule has 15 heavy (non-hydrogen) atoms. The van der Waals surface area contributed by atoms with E-state index in [4.69, 9.17) is 0 Å². The number of nitrogens with one attached hydrogen (secondary N) is 2. The van der Waals surface area contributed by atoms with Crippen molar-refractivity contribution in [1.82, 2.24) is 15.3 Å². The first-order chi connectivity index (χ1) is 7.29. The molecule has 1 aromatic rings. The summed E-state index contributed by atoms with van der Waals surface area (Å²) in [4.78, 5) is 7.44. The number of aromatic nitrogens is 2. The first-order valence-corrected chi connectivity index (χ1v) is 5.60. The van der Waals surface area contributed by atoms with Crippen molar-refractivity contribution >= 4 is 0 Å². The second-order valence-electron chi connectivity index (χ2n) is 4.29. The number of nitrogens with zero attached hydrogens (tertiary/aromatic N) is 1. The van der Waals surface area contributed by atoms with E-state index in [0.29, 0.717) is 11.6 Å². The van der Waals surface area contributed by atoms with Crippen LogP contribution in [-0.2, 0) is 13.1 Å². The first kappa shape index (κ1) is 10.6. The summed E-state index contributed by atoms with van der Waals surface area (Å²) < 4.78 is 12.5. The minimum Gasteiger partial charge on any atom is -0.346 e. The molecule has 3 nitrogen and oxygen atoms in total. The molecule has 0 amide bonds. The Morgan fingerprint density at radius 2 is 2.13 bits per heavy atom. The van der Waals surface area contributed by atoms with Crippen molar-refractivity contribution in [3.05, 3.63) is 17.2 Å². The molecule has 0 aromatic carbocycles. The summed E-state index contributed by atoms with van der Waals surface area (Å²) in [6.45, 7) is 3.61. The van der Waals surface area contributed by atoms with E-state index in [2.05, 4.69) is 15.3 Å². The fourth-order valence-corrected chi connectivity index (χ4v) is 2.15. The number of piperidine rings is 1. The first-order valence-electron chi connectivity index (χ1n) is 5.60. The van der Waals surface area contributed by atoms with Gasteiger partial charge in [-0.15, -0.1) is 0 Å². The minimum atomic E-state index is -0.464. The monoisotopic (exact) mass is 211 g/mol. The number of rotatable bonds is 3. The van der Waals surface area contributed by atoms with Gasteiger partial charge < -0.3 is 10.3 Å². The van der Waals surface area contributed by atoms with E-state index in [1.165, 1.54) is 12.8 Å². The third-order valence-electron chi connectivity index (χ3n) is 3.10. The molecule has 2 rings (SSSR count). The maximum atomic E-state index is 12.5. The molecule has 0 aliphatic carbocycles.